The number of nitrogens with zero attached hydrogens (tertiary/aromatic N) is 3. The molecule has 0 fully saturated rings. The van der Waals surface area contributed by atoms with Gasteiger partial charge in [-0.2, -0.15) is 5.26 Å². The predicted molar refractivity (Wildman–Crippen MR) is 94.3 cm³/mol. The van der Waals surface area contributed by atoms with Gasteiger partial charge in [0, 0.05) is 11.8 Å². The average molecular weight is 311 g/mol. The summed E-state index contributed by atoms with van der Waals surface area (Å²) < 4.78 is 0. The molecule has 0 bridgehead atoms. The van der Waals surface area contributed by atoms with Crippen molar-refractivity contribution >= 4 is 0 Å². The van der Waals surface area contributed by atoms with Gasteiger partial charge in [-0.3, -0.25) is 4.98 Å². The second-order valence-corrected chi connectivity index (χ2v) is 6.08. The molecule has 116 valence electrons. The molecule has 0 saturated heterocycles. The van der Waals surface area contributed by atoms with Gasteiger partial charge in [-0.15, -0.1) is 0 Å². The van der Waals surface area contributed by atoms with Crippen LogP contribution in [0.3, 0.4) is 0 Å². The van der Waals surface area contributed by atoms with Crippen LogP contribution in [0.5, 0.6) is 0 Å². The molecule has 0 N–H and O–H groups in total. The minimum absolute atomic E-state index is 0.586. The number of hydrogen-bond donors (Lipinski definition) is 0. The smallest absolute Gasteiger partial charge is 0.107 e. The maximum absolute atomic E-state index is 9.45. The first kappa shape index (κ1) is 14.6. The van der Waals surface area contributed by atoms with Crippen molar-refractivity contribution < 1.29 is 0 Å². The standard InChI is InChI=1S/C21H17N3/c22-14-17-10-6-12-23-20(17)21-18-11-5-4-9-16(18)13-19(24-21)15-7-2-1-3-8-15/h1-3,6-8,10,12-13H,4-5,9,11H2. The van der Waals surface area contributed by atoms with Crippen molar-refractivity contribution in [3.8, 4) is 28.7 Å². The summed E-state index contributed by atoms with van der Waals surface area (Å²) in [7, 11) is 0. The number of fused-ring (bicyclic) bond motifs is 1. The van der Waals surface area contributed by atoms with E-state index in [1.54, 1.807) is 12.3 Å². The summed E-state index contributed by atoms with van der Waals surface area (Å²) in [6.07, 6.45) is 6.19. The molecule has 1 aliphatic rings. The van der Waals surface area contributed by atoms with Crippen molar-refractivity contribution in [1.29, 1.82) is 5.26 Å². The van der Waals surface area contributed by atoms with E-state index in [1.807, 2.05) is 24.3 Å². The molecule has 24 heavy (non-hydrogen) atoms. The molecule has 0 spiro atoms. The van der Waals surface area contributed by atoms with E-state index in [4.69, 9.17) is 4.98 Å². The van der Waals surface area contributed by atoms with Gasteiger partial charge in [-0.1, -0.05) is 30.3 Å². The zero-order chi connectivity index (χ0) is 16.4. The van der Waals surface area contributed by atoms with Crippen molar-refractivity contribution in [1.82, 2.24) is 9.97 Å². The fourth-order valence-electron chi connectivity index (χ4n) is 3.38. The minimum Gasteiger partial charge on any atom is -0.253 e. The molecule has 3 nitrogen and oxygen atoms in total. The SMILES string of the molecule is N#Cc1cccnc1-c1nc(-c2ccccc2)cc2c1CCCC2. The Hall–Kier alpha value is -2.99. The third kappa shape index (κ3) is 2.57. The molecule has 0 unspecified atom stereocenters. The molecule has 2 aromatic heterocycles. The van der Waals surface area contributed by atoms with Gasteiger partial charge in [0.15, 0.2) is 0 Å². The zero-order valence-electron chi connectivity index (χ0n) is 13.4. The molecule has 2 heterocycles. The van der Waals surface area contributed by atoms with E-state index in [0.29, 0.717) is 11.3 Å². The summed E-state index contributed by atoms with van der Waals surface area (Å²) in [4.78, 5) is 9.40. The number of aromatic nitrogens is 2. The highest BCUT2D eigenvalue weighted by Crippen LogP contribution is 2.33. The Morgan fingerprint density at radius 1 is 0.917 bits per heavy atom. The van der Waals surface area contributed by atoms with Crippen LogP contribution in [-0.2, 0) is 12.8 Å². The Kier molecular flexibility index (Phi) is 3.80. The predicted octanol–water partition coefficient (Wildman–Crippen LogP) is 4.56. The molecule has 3 aromatic rings. The van der Waals surface area contributed by atoms with Gasteiger partial charge in [-0.05, 0) is 55.0 Å². The van der Waals surface area contributed by atoms with Gasteiger partial charge >= 0.3 is 0 Å². The molecular formula is C21H17N3. The number of aryl methyl sites for hydroxylation is 1. The first-order valence-corrected chi connectivity index (χ1v) is 8.30. The maximum Gasteiger partial charge on any atom is 0.107 e. The lowest BCUT2D eigenvalue weighted by molar-refractivity contribution is 0.684. The van der Waals surface area contributed by atoms with Gasteiger partial charge in [0.2, 0.25) is 0 Å². The van der Waals surface area contributed by atoms with E-state index in [9.17, 15) is 5.26 Å². The van der Waals surface area contributed by atoms with Gasteiger partial charge in [0.05, 0.1) is 17.0 Å². The Balaban J connectivity index is 1.97. The Morgan fingerprint density at radius 2 is 1.75 bits per heavy atom. The molecule has 4 rings (SSSR count). The van der Waals surface area contributed by atoms with Crippen molar-refractivity contribution in [3.63, 3.8) is 0 Å². The molecule has 0 saturated carbocycles. The van der Waals surface area contributed by atoms with Crippen LogP contribution < -0.4 is 0 Å². The number of nitriles is 1. The fourth-order valence-corrected chi connectivity index (χ4v) is 3.38. The second-order valence-electron chi connectivity index (χ2n) is 6.08. The van der Waals surface area contributed by atoms with Gasteiger partial charge < -0.3 is 0 Å². The minimum atomic E-state index is 0.586. The highest BCUT2D eigenvalue weighted by molar-refractivity contribution is 5.72. The van der Waals surface area contributed by atoms with Gasteiger partial charge in [0.1, 0.15) is 11.8 Å². The Labute approximate surface area is 141 Å². The number of benzene rings is 1. The van der Waals surface area contributed by atoms with Crippen molar-refractivity contribution in [2.24, 2.45) is 0 Å². The molecule has 1 aliphatic carbocycles. The molecular weight excluding hydrogens is 294 g/mol. The maximum atomic E-state index is 9.45. The third-order valence-electron chi connectivity index (χ3n) is 4.56. The monoisotopic (exact) mass is 311 g/mol. The number of hydrogen-bond acceptors (Lipinski definition) is 3. The first-order valence-electron chi connectivity index (χ1n) is 8.30. The van der Waals surface area contributed by atoms with Crippen molar-refractivity contribution in [3.05, 3.63) is 71.4 Å². The zero-order valence-corrected chi connectivity index (χ0v) is 13.4. The summed E-state index contributed by atoms with van der Waals surface area (Å²) >= 11 is 0. The van der Waals surface area contributed by atoms with Crippen LogP contribution in [0, 0.1) is 11.3 Å². The van der Waals surface area contributed by atoms with Crippen LogP contribution in [0.2, 0.25) is 0 Å². The fraction of sp³-hybridized carbons (Fsp3) is 0.190. The van der Waals surface area contributed by atoms with Crippen LogP contribution >= 0.6 is 0 Å². The van der Waals surface area contributed by atoms with Crippen LogP contribution in [0.4, 0.5) is 0 Å². The summed E-state index contributed by atoms with van der Waals surface area (Å²) in [5.41, 5.74) is 6.83. The largest absolute Gasteiger partial charge is 0.253 e. The van der Waals surface area contributed by atoms with Crippen LogP contribution in [0.15, 0.2) is 54.7 Å². The van der Waals surface area contributed by atoms with Crippen LogP contribution in [0.25, 0.3) is 22.6 Å². The Morgan fingerprint density at radius 3 is 2.58 bits per heavy atom. The van der Waals surface area contributed by atoms with Crippen LogP contribution in [-0.4, -0.2) is 9.97 Å². The van der Waals surface area contributed by atoms with Gasteiger partial charge in [0.25, 0.3) is 0 Å². The summed E-state index contributed by atoms with van der Waals surface area (Å²) in [6, 6.07) is 18.3. The first-order chi connectivity index (χ1) is 11.9. The lowest BCUT2D eigenvalue weighted by Crippen LogP contribution is -2.08. The summed E-state index contributed by atoms with van der Waals surface area (Å²) in [6.45, 7) is 0. The molecule has 0 atom stereocenters. The average Bonchev–Trinajstić information content (AvgIpc) is 2.68. The highest BCUT2D eigenvalue weighted by Gasteiger charge is 2.20. The summed E-state index contributed by atoms with van der Waals surface area (Å²) in [5, 5.41) is 9.45. The normalized spacial score (nSPS) is 13.1. The molecule has 0 amide bonds. The number of rotatable bonds is 2. The lowest BCUT2D eigenvalue weighted by atomic mass is 9.88. The van der Waals surface area contributed by atoms with Crippen molar-refractivity contribution in [2.45, 2.75) is 25.7 Å². The molecule has 0 radical (unpaired) electrons. The lowest BCUT2D eigenvalue weighted by Gasteiger charge is -2.20. The van der Waals surface area contributed by atoms with E-state index in [1.165, 1.54) is 24.0 Å². The molecule has 0 aliphatic heterocycles. The molecule has 1 aromatic carbocycles. The summed E-state index contributed by atoms with van der Waals surface area (Å²) in [5.74, 6) is 0. The van der Waals surface area contributed by atoms with E-state index in [2.05, 4.69) is 29.3 Å². The number of pyridine rings is 2. The Bertz CT molecular complexity index is 924. The van der Waals surface area contributed by atoms with E-state index in [-0.39, 0.29) is 0 Å². The highest BCUT2D eigenvalue weighted by atomic mass is 14.8. The van der Waals surface area contributed by atoms with E-state index in [0.717, 1.165) is 29.8 Å². The van der Waals surface area contributed by atoms with Crippen LogP contribution in [0.1, 0.15) is 29.5 Å². The topological polar surface area (TPSA) is 49.6 Å². The van der Waals surface area contributed by atoms with Crippen molar-refractivity contribution in [2.75, 3.05) is 0 Å². The van der Waals surface area contributed by atoms with E-state index >= 15 is 0 Å². The quantitative estimate of drug-likeness (QED) is 0.697. The third-order valence-corrected chi connectivity index (χ3v) is 4.56. The molecule has 3 heteroatoms. The van der Waals surface area contributed by atoms with Gasteiger partial charge in [-0.25, -0.2) is 4.98 Å². The second kappa shape index (κ2) is 6.25. The van der Waals surface area contributed by atoms with E-state index < -0.39 is 0 Å².